The summed E-state index contributed by atoms with van der Waals surface area (Å²) in [5.74, 6) is 0.591. The van der Waals surface area contributed by atoms with Crippen LogP contribution in [0.25, 0.3) is 22.3 Å². The summed E-state index contributed by atoms with van der Waals surface area (Å²) >= 11 is 0. The summed E-state index contributed by atoms with van der Waals surface area (Å²) in [4.78, 5) is 34.2. The lowest BCUT2D eigenvalue weighted by molar-refractivity contribution is 0.102. The second-order valence-electron chi connectivity index (χ2n) is 11.2. The number of nitrogens with zero attached hydrogens (tertiary/aromatic N) is 5. The van der Waals surface area contributed by atoms with Gasteiger partial charge in [-0.1, -0.05) is 18.7 Å². The zero-order valence-corrected chi connectivity index (χ0v) is 25.4. The van der Waals surface area contributed by atoms with Crippen molar-refractivity contribution in [3.8, 4) is 11.3 Å². The van der Waals surface area contributed by atoms with Crippen LogP contribution < -0.4 is 14.9 Å². The minimum atomic E-state index is -3.52. The summed E-state index contributed by atoms with van der Waals surface area (Å²) in [6.07, 6.45) is 4.85. The second kappa shape index (κ2) is 12.8. The van der Waals surface area contributed by atoms with Gasteiger partial charge in [0.2, 0.25) is 10.0 Å². The average molecular weight is 617 g/mol. The molecule has 0 radical (unpaired) electrons. The molecule has 3 aromatic heterocycles. The number of ether oxygens (including phenoxy) is 1. The number of sulfonamides is 1. The minimum Gasteiger partial charge on any atom is -0.378 e. The van der Waals surface area contributed by atoms with E-state index in [9.17, 15) is 13.2 Å². The van der Waals surface area contributed by atoms with Crippen molar-refractivity contribution in [1.29, 1.82) is 0 Å². The molecule has 5 heterocycles. The van der Waals surface area contributed by atoms with Crippen molar-refractivity contribution in [3.05, 3.63) is 77.7 Å². The second-order valence-corrected chi connectivity index (χ2v) is 13.2. The molecule has 2 aliphatic rings. The molecule has 0 aliphatic carbocycles. The maximum atomic E-state index is 13.1. The van der Waals surface area contributed by atoms with Gasteiger partial charge in [-0.2, -0.15) is 0 Å². The van der Waals surface area contributed by atoms with Crippen LogP contribution in [0, 0.1) is 0 Å². The van der Waals surface area contributed by atoms with Gasteiger partial charge in [0.05, 0.1) is 18.6 Å². The van der Waals surface area contributed by atoms with Crippen LogP contribution in [0.5, 0.6) is 0 Å². The maximum Gasteiger partial charge on any atom is 0.274 e. The predicted octanol–water partition coefficient (Wildman–Crippen LogP) is 3.53. The first kappa shape index (κ1) is 29.9. The Morgan fingerprint density at radius 3 is 2.66 bits per heavy atom. The zero-order valence-electron chi connectivity index (χ0n) is 24.6. The number of H-pyrrole nitrogens is 1. The Kier molecular flexibility index (Phi) is 8.71. The first-order valence-corrected chi connectivity index (χ1v) is 16.2. The molecule has 13 heteroatoms. The van der Waals surface area contributed by atoms with Crippen LogP contribution in [0.1, 0.15) is 35.8 Å². The molecule has 4 aromatic rings. The van der Waals surface area contributed by atoms with Crippen molar-refractivity contribution in [3.63, 3.8) is 0 Å². The molecular weight excluding hydrogens is 580 g/mol. The number of aromatic nitrogens is 4. The van der Waals surface area contributed by atoms with Gasteiger partial charge in [-0.3, -0.25) is 14.7 Å². The van der Waals surface area contributed by atoms with E-state index in [1.54, 1.807) is 18.6 Å². The van der Waals surface area contributed by atoms with Crippen LogP contribution in [-0.4, -0.2) is 84.6 Å². The lowest BCUT2D eigenvalue weighted by Crippen LogP contribution is -2.47. The molecule has 3 N–H and O–H groups in total. The molecule has 0 saturated carbocycles. The van der Waals surface area contributed by atoms with Gasteiger partial charge in [0.15, 0.2) is 0 Å². The Bertz CT molecular complexity index is 1770. The normalized spacial score (nSPS) is 17.9. The van der Waals surface area contributed by atoms with Gasteiger partial charge >= 0.3 is 0 Å². The number of morpholine rings is 1. The molecule has 0 spiro atoms. The van der Waals surface area contributed by atoms with E-state index in [4.69, 9.17) is 4.74 Å². The van der Waals surface area contributed by atoms with E-state index in [-0.39, 0.29) is 16.9 Å². The molecule has 2 fully saturated rings. The maximum absolute atomic E-state index is 13.1. The largest absolute Gasteiger partial charge is 0.378 e. The van der Waals surface area contributed by atoms with Crippen LogP contribution in [0.2, 0.25) is 0 Å². The van der Waals surface area contributed by atoms with Crippen LogP contribution in [0.15, 0.2) is 66.5 Å². The number of anilines is 2. The van der Waals surface area contributed by atoms with Crippen molar-refractivity contribution in [2.75, 3.05) is 49.6 Å². The van der Waals surface area contributed by atoms with E-state index in [0.29, 0.717) is 37.7 Å². The number of fused-ring (bicyclic) bond motifs is 1. The number of likely N-dealkylation sites (tertiary alicyclic amines) is 1. The van der Waals surface area contributed by atoms with Crippen molar-refractivity contribution in [1.82, 2.24) is 29.6 Å². The Morgan fingerprint density at radius 1 is 1.09 bits per heavy atom. The molecule has 2 saturated heterocycles. The highest BCUT2D eigenvalue weighted by atomic mass is 32.2. The number of hydrogen-bond donors (Lipinski definition) is 3. The van der Waals surface area contributed by atoms with Crippen molar-refractivity contribution >= 4 is 38.5 Å². The Hall–Kier alpha value is -4.17. The average Bonchev–Trinajstić information content (AvgIpc) is 3.47. The molecule has 44 heavy (non-hydrogen) atoms. The molecule has 0 bridgehead atoms. The zero-order chi connectivity index (χ0) is 30.7. The topological polar surface area (TPSA) is 145 Å². The van der Waals surface area contributed by atoms with Gasteiger partial charge in [0.25, 0.3) is 5.91 Å². The van der Waals surface area contributed by atoms with Crippen molar-refractivity contribution in [2.24, 2.45) is 0 Å². The quantitative estimate of drug-likeness (QED) is 0.257. The van der Waals surface area contributed by atoms with E-state index in [2.05, 4.69) is 52.4 Å². The summed E-state index contributed by atoms with van der Waals surface area (Å²) in [7, 11) is -3.52. The van der Waals surface area contributed by atoms with Gasteiger partial charge in [-0.15, -0.1) is 0 Å². The number of piperidine rings is 1. The third-order valence-electron chi connectivity index (χ3n) is 7.92. The fourth-order valence-electron chi connectivity index (χ4n) is 5.61. The molecule has 1 aromatic carbocycles. The Balaban J connectivity index is 1.09. The highest BCUT2D eigenvalue weighted by Crippen LogP contribution is 2.30. The van der Waals surface area contributed by atoms with Crippen molar-refractivity contribution < 1.29 is 17.9 Å². The van der Waals surface area contributed by atoms with Gasteiger partial charge < -0.3 is 19.9 Å². The van der Waals surface area contributed by atoms with Crippen LogP contribution in [0.3, 0.4) is 0 Å². The van der Waals surface area contributed by atoms with E-state index in [0.717, 1.165) is 66.1 Å². The molecule has 6 rings (SSSR count). The van der Waals surface area contributed by atoms with Gasteiger partial charge in [-0.05, 0) is 67.8 Å². The number of allylic oxidation sites excluding steroid dienone is 1. The van der Waals surface area contributed by atoms with Gasteiger partial charge in [-0.25, -0.2) is 23.1 Å². The lowest BCUT2D eigenvalue weighted by Gasteiger charge is -2.33. The number of rotatable bonds is 9. The Labute approximate surface area is 256 Å². The molecule has 12 nitrogen and oxygen atoms in total. The van der Waals surface area contributed by atoms with E-state index < -0.39 is 10.0 Å². The molecule has 1 amide bonds. The summed E-state index contributed by atoms with van der Waals surface area (Å²) in [5, 5.41) is 3.90. The van der Waals surface area contributed by atoms with Crippen LogP contribution in [0.4, 0.5) is 11.5 Å². The van der Waals surface area contributed by atoms with Crippen molar-refractivity contribution in [2.45, 2.75) is 32.4 Å². The summed E-state index contributed by atoms with van der Waals surface area (Å²) in [5.41, 5.74) is 4.54. The number of aromatic amines is 1. The fraction of sp³-hybridized carbons (Fsp3) is 0.355. The highest BCUT2D eigenvalue weighted by Gasteiger charge is 2.25. The standard InChI is InChI=1S/C31H36N8O4S/c1-21(2)44(41,42)37-25-4-3-11-38(19-25)18-22-9-10-32-28(16-22)31(40)35-24-7-5-23(6-8-24)27-17-26-29(36-27)33-20-34-30(26)39-12-14-43-15-13-39/h5-10,16-17,20,25,37H,1,3-4,11-15,18-19H2,2H3,(H,35,40)(H,33,34,36)/t25-/m1/s1. The SMILES string of the molecule is C=C(C)S(=O)(=O)N[C@@H]1CCCN(Cc2ccnc(C(=O)Nc3ccc(-c4cc5c(N6CCOCC6)ncnc5[nH]4)cc3)c2)C1. The number of amides is 1. The first-order chi connectivity index (χ1) is 21.2. The van der Waals surface area contributed by atoms with Crippen LogP contribution >= 0.6 is 0 Å². The third-order valence-corrected chi connectivity index (χ3v) is 9.48. The summed E-state index contributed by atoms with van der Waals surface area (Å²) in [6.45, 7) is 10.00. The lowest BCUT2D eigenvalue weighted by atomic mass is 10.1. The number of pyridine rings is 1. The number of carbonyl (C=O) groups excluding carboxylic acids is 1. The molecular formula is C31H36N8O4S. The highest BCUT2D eigenvalue weighted by molar-refractivity contribution is 7.93. The molecule has 230 valence electrons. The predicted molar refractivity (Wildman–Crippen MR) is 170 cm³/mol. The number of benzene rings is 1. The van der Waals surface area contributed by atoms with E-state index in [1.165, 1.54) is 6.92 Å². The van der Waals surface area contributed by atoms with E-state index >= 15 is 0 Å². The summed E-state index contributed by atoms with van der Waals surface area (Å²) in [6, 6.07) is 13.1. The number of carbonyl (C=O) groups is 1. The fourth-order valence-corrected chi connectivity index (χ4v) is 6.44. The summed E-state index contributed by atoms with van der Waals surface area (Å²) < 4.78 is 32.7. The number of hydrogen-bond acceptors (Lipinski definition) is 9. The Morgan fingerprint density at radius 2 is 1.89 bits per heavy atom. The van der Waals surface area contributed by atoms with Gasteiger partial charge in [0, 0.05) is 54.7 Å². The minimum absolute atomic E-state index is 0.111. The van der Waals surface area contributed by atoms with Crippen LogP contribution in [-0.2, 0) is 21.3 Å². The first-order valence-electron chi connectivity index (χ1n) is 14.7. The van der Waals surface area contributed by atoms with Gasteiger partial charge in [0.1, 0.15) is 23.5 Å². The number of nitrogens with one attached hydrogen (secondary N) is 3. The molecule has 2 aliphatic heterocycles. The third kappa shape index (κ3) is 6.81. The molecule has 0 unspecified atom stereocenters. The monoisotopic (exact) mass is 616 g/mol. The molecule has 1 atom stereocenters. The van der Waals surface area contributed by atoms with E-state index in [1.807, 2.05) is 30.3 Å². The smallest absolute Gasteiger partial charge is 0.274 e.